The van der Waals surface area contributed by atoms with E-state index < -0.39 is 19.5 Å². The van der Waals surface area contributed by atoms with Gasteiger partial charge in [0, 0.05) is 51.8 Å². The van der Waals surface area contributed by atoms with Crippen LogP contribution in [0.5, 0.6) is 0 Å². The second kappa shape index (κ2) is 12.7. The number of allylic oxidation sites excluding steroid dienone is 16. The van der Waals surface area contributed by atoms with Gasteiger partial charge in [0.05, 0.1) is 31.1 Å². The van der Waals surface area contributed by atoms with Crippen molar-refractivity contribution in [1.29, 1.82) is 0 Å². The van der Waals surface area contributed by atoms with Gasteiger partial charge >= 0.3 is 17.1 Å². The molecular weight excluding hydrogens is 810 g/mol. The Morgan fingerprint density at radius 3 is 1.04 bits per heavy atom. The van der Waals surface area contributed by atoms with Gasteiger partial charge in [-0.15, -0.1) is 46.4 Å². The van der Waals surface area contributed by atoms with Crippen LogP contribution in [0.2, 0.25) is 0 Å². The fraction of sp³-hybridized carbons (Fsp3) is 0.220. The summed E-state index contributed by atoms with van der Waals surface area (Å²) in [7, 11) is 1.93. The topological polar surface area (TPSA) is 96.4 Å². The first-order valence-electron chi connectivity index (χ1n) is 17.1. The number of aryl methyl sites for hydroxylation is 1. The number of alkyl halides is 4. The summed E-state index contributed by atoms with van der Waals surface area (Å²) in [6.07, 6.45) is 31.1. The molecule has 13 heteroatoms. The van der Waals surface area contributed by atoms with Gasteiger partial charge in [-0.05, 0) is 38.8 Å². The third kappa shape index (κ3) is 6.45. The zero-order valence-electron chi connectivity index (χ0n) is 29.6. The SMILES string of the molecule is Cn1c2nc3nc(nc4[n-]c(nc5nc(nc1c1c2C=CC(C)(Cl)C=C1)C1=C5C=CC(C)(Cl)C=C1)c1c4C=CC(C)(Cl)C=C1)C1=C3C=CC(C)(Cl)C=C1.[Cu+]. The molecule has 0 fully saturated rings. The molecule has 2 aliphatic heterocycles. The van der Waals surface area contributed by atoms with Crippen molar-refractivity contribution in [3.05, 3.63) is 118 Å². The Balaban J connectivity index is 0.00000413. The van der Waals surface area contributed by atoms with E-state index in [2.05, 4.69) is 0 Å². The van der Waals surface area contributed by atoms with E-state index in [4.69, 9.17) is 81.3 Å². The van der Waals surface area contributed by atoms with Crippen LogP contribution in [0.1, 0.15) is 73.2 Å². The maximum Gasteiger partial charge on any atom is 1.00 e. The molecule has 6 aliphatic rings. The van der Waals surface area contributed by atoms with E-state index in [1.807, 2.05) is 137 Å². The van der Waals surface area contributed by atoms with E-state index in [1.165, 1.54) is 0 Å². The van der Waals surface area contributed by atoms with E-state index >= 15 is 0 Å². The minimum Gasteiger partial charge on any atom is -0.357 e. The van der Waals surface area contributed by atoms with E-state index in [0.29, 0.717) is 45.9 Å². The van der Waals surface area contributed by atoms with Crippen LogP contribution in [0, 0.1) is 0 Å². The summed E-state index contributed by atoms with van der Waals surface area (Å²) >= 11 is 27.4. The van der Waals surface area contributed by atoms with E-state index in [-0.39, 0.29) is 17.1 Å². The summed E-state index contributed by atoms with van der Waals surface area (Å²) in [4.78, 5) is 32.9. The molecule has 0 saturated carbocycles. The van der Waals surface area contributed by atoms with Gasteiger partial charge in [-0.1, -0.05) is 97.2 Å². The third-order valence-corrected chi connectivity index (χ3v) is 10.8. The summed E-state index contributed by atoms with van der Waals surface area (Å²) < 4.78 is 1.95. The first-order chi connectivity index (χ1) is 25.1. The smallest absolute Gasteiger partial charge is 0.357 e. The Hall–Kier alpha value is -4.08. The number of fused-ring (bicyclic) bond motifs is 18. The average Bonchev–Trinajstić information content (AvgIpc) is 3.59. The minimum absolute atomic E-state index is 0. The number of aromatic nitrogens is 8. The standard InChI is InChI=1S/C41H31Cl4N8.Cu/c1-38(42)14-6-22-23(7-15-38)31-46-30(22)47-32-24-8-16-39(2,43)18-10-26(24)34(49-32)51-36-28-12-20-41(4,45)21-13-29(28)37(53(36)5)52-35-27-11-19-40(3,44)17-9-25(27)33(48-31)50-35;/h6-21H,1-5H3;/q-1;+1. The molecule has 54 heavy (non-hydrogen) atoms. The van der Waals surface area contributed by atoms with Crippen LogP contribution < -0.4 is 4.98 Å². The summed E-state index contributed by atoms with van der Waals surface area (Å²) in [6, 6.07) is 0. The molecule has 0 radical (unpaired) electrons. The fourth-order valence-electron chi connectivity index (χ4n) is 6.78. The Morgan fingerprint density at radius 1 is 0.426 bits per heavy atom. The summed E-state index contributed by atoms with van der Waals surface area (Å²) in [5.41, 5.74) is 8.38. The van der Waals surface area contributed by atoms with Crippen molar-refractivity contribution in [3.8, 4) is 0 Å². The van der Waals surface area contributed by atoms with Gasteiger partial charge in [-0.25, -0.2) is 19.9 Å². The third-order valence-electron chi connectivity index (χ3n) is 9.81. The van der Waals surface area contributed by atoms with Crippen LogP contribution in [-0.4, -0.2) is 54.0 Å². The van der Waals surface area contributed by atoms with Gasteiger partial charge in [-0.3, -0.25) is 0 Å². The van der Waals surface area contributed by atoms with Crippen LogP contribution in [0.15, 0.2) is 72.9 Å². The fourth-order valence-corrected chi connectivity index (χ4v) is 7.28. The quantitative estimate of drug-likeness (QED) is 0.164. The zero-order chi connectivity index (χ0) is 37.1. The van der Waals surface area contributed by atoms with Crippen molar-refractivity contribution >= 4 is 116 Å². The van der Waals surface area contributed by atoms with Crippen molar-refractivity contribution in [2.45, 2.75) is 47.2 Å². The molecule has 0 saturated heterocycles. The summed E-state index contributed by atoms with van der Waals surface area (Å²) in [5, 5.41) is 0. The van der Waals surface area contributed by atoms with Gasteiger partial charge < -0.3 is 19.5 Å². The van der Waals surface area contributed by atoms with E-state index in [9.17, 15) is 0 Å². The molecule has 3 aromatic rings. The second-order valence-corrected chi connectivity index (χ2v) is 17.8. The maximum absolute atomic E-state index is 6.86. The van der Waals surface area contributed by atoms with Crippen molar-refractivity contribution < 1.29 is 17.1 Å². The summed E-state index contributed by atoms with van der Waals surface area (Å²) in [6.45, 7) is 7.70. The molecule has 5 heterocycles. The van der Waals surface area contributed by atoms with Crippen LogP contribution in [-0.2, 0) is 24.1 Å². The Labute approximate surface area is 342 Å². The zero-order valence-corrected chi connectivity index (χ0v) is 33.6. The molecule has 0 amide bonds. The monoisotopic (exact) mass is 838 g/mol. The average molecular weight is 841 g/mol. The normalized spacial score (nSPS) is 27.5. The number of halogens is 4. The number of nitrogens with zero attached hydrogens (tertiary/aromatic N) is 8. The Morgan fingerprint density at radius 2 is 0.704 bits per heavy atom. The molecule has 4 aliphatic carbocycles. The number of hydrogen-bond donors (Lipinski definition) is 0. The Kier molecular flexibility index (Phi) is 8.70. The molecule has 274 valence electrons. The van der Waals surface area contributed by atoms with Crippen LogP contribution in [0.25, 0.3) is 69.2 Å². The van der Waals surface area contributed by atoms with Crippen molar-refractivity contribution in [3.63, 3.8) is 0 Å². The molecule has 0 N–H and O–H groups in total. The second-order valence-electron chi connectivity index (χ2n) is 14.5. The van der Waals surface area contributed by atoms with Gasteiger partial charge in [-0.2, -0.15) is 0 Å². The molecule has 2 unspecified atom stereocenters. The summed E-state index contributed by atoms with van der Waals surface area (Å²) in [5.74, 6) is 1.81. The van der Waals surface area contributed by atoms with E-state index in [1.54, 1.807) is 0 Å². The molecule has 8 bridgehead atoms. The van der Waals surface area contributed by atoms with Crippen molar-refractivity contribution in [2.75, 3.05) is 0 Å². The van der Waals surface area contributed by atoms with Crippen LogP contribution in [0.3, 0.4) is 0 Å². The minimum atomic E-state index is -0.730. The van der Waals surface area contributed by atoms with Gasteiger partial charge in [0.25, 0.3) is 0 Å². The molecule has 0 spiro atoms. The molecule has 9 rings (SSSR count). The van der Waals surface area contributed by atoms with E-state index in [0.717, 1.165) is 44.5 Å². The molecular formula is C41H31Cl4CuN8. The Bertz CT molecular complexity index is 2520. The van der Waals surface area contributed by atoms with Gasteiger partial charge in [0.15, 0.2) is 11.6 Å². The first-order valence-corrected chi connectivity index (χ1v) is 18.6. The van der Waals surface area contributed by atoms with Crippen LogP contribution >= 0.6 is 46.4 Å². The molecule has 8 nitrogen and oxygen atoms in total. The first kappa shape index (κ1) is 36.9. The largest absolute Gasteiger partial charge is 1.00 e. The maximum atomic E-state index is 6.86. The molecule has 0 aromatic carbocycles. The van der Waals surface area contributed by atoms with Crippen molar-refractivity contribution in [1.82, 2.24) is 39.5 Å². The van der Waals surface area contributed by atoms with Crippen LogP contribution in [0.4, 0.5) is 0 Å². The van der Waals surface area contributed by atoms with Gasteiger partial charge in [0.2, 0.25) is 0 Å². The van der Waals surface area contributed by atoms with Crippen molar-refractivity contribution in [2.24, 2.45) is 7.05 Å². The van der Waals surface area contributed by atoms with Gasteiger partial charge in [0.1, 0.15) is 11.3 Å². The number of hydrogen-bond acceptors (Lipinski definition) is 6. The number of rotatable bonds is 0. The predicted molar refractivity (Wildman–Crippen MR) is 219 cm³/mol. The molecule has 3 aromatic heterocycles. The predicted octanol–water partition coefficient (Wildman–Crippen LogP) is 9.68. The molecule has 2 atom stereocenters.